The van der Waals surface area contributed by atoms with Crippen LogP contribution in [-0.2, 0) is 4.79 Å². The van der Waals surface area contributed by atoms with Gasteiger partial charge in [-0.05, 0) is 44.0 Å². The Morgan fingerprint density at radius 1 is 1.47 bits per heavy atom. The van der Waals surface area contributed by atoms with Crippen molar-refractivity contribution in [1.29, 1.82) is 0 Å². The smallest absolute Gasteiger partial charge is 0.277 e. The Bertz CT molecular complexity index is 473. The Labute approximate surface area is 118 Å². The fraction of sp³-hybridized carbons (Fsp3) is 0.429. The van der Waals surface area contributed by atoms with Crippen molar-refractivity contribution in [3.05, 3.63) is 28.8 Å². The molecule has 5 heteroatoms. The van der Waals surface area contributed by atoms with Crippen molar-refractivity contribution >= 4 is 23.2 Å². The van der Waals surface area contributed by atoms with Crippen LogP contribution in [0, 0.1) is 6.92 Å². The first kappa shape index (κ1) is 15.5. The fourth-order valence-electron chi connectivity index (χ4n) is 1.53. The van der Waals surface area contributed by atoms with Crippen LogP contribution in [0.1, 0.15) is 32.3 Å². The number of nitrogens with one attached hydrogen (secondary N) is 1. The number of benzene rings is 1. The van der Waals surface area contributed by atoms with E-state index in [1.54, 1.807) is 18.2 Å². The highest BCUT2D eigenvalue weighted by molar-refractivity contribution is 6.30. The summed E-state index contributed by atoms with van der Waals surface area (Å²) >= 11 is 5.84. The third-order valence-electron chi connectivity index (χ3n) is 2.48. The molecule has 0 aliphatic rings. The number of amides is 1. The van der Waals surface area contributed by atoms with Gasteiger partial charge in [0.25, 0.3) is 5.91 Å². The van der Waals surface area contributed by atoms with E-state index in [4.69, 9.17) is 16.3 Å². The Hall–Kier alpha value is -1.55. The zero-order chi connectivity index (χ0) is 14.3. The number of hydrazone groups is 1. The van der Waals surface area contributed by atoms with Gasteiger partial charge < -0.3 is 4.74 Å². The summed E-state index contributed by atoms with van der Waals surface area (Å²) in [5.74, 6) is 0.374. The van der Waals surface area contributed by atoms with Gasteiger partial charge in [0.2, 0.25) is 0 Å². The second-order valence-corrected chi connectivity index (χ2v) is 4.77. The molecule has 1 aromatic carbocycles. The Balaban J connectivity index is 2.44. The van der Waals surface area contributed by atoms with Gasteiger partial charge in [0.1, 0.15) is 5.75 Å². The van der Waals surface area contributed by atoms with Gasteiger partial charge in [-0.25, -0.2) is 5.43 Å². The average Bonchev–Trinajstić information content (AvgIpc) is 2.35. The molecule has 0 heterocycles. The van der Waals surface area contributed by atoms with Gasteiger partial charge in [-0.1, -0.05) is 24.9 Å². The standard InChI is InChI=1S/C14H19ClN2O2/c1-4-5-11(3)16-17-14(18)9-19-13-7-6-12(15)8-10(13)2/h6-8H,4-5,9H2,1-3H3,(H,17,18). The van der Waals surface area contributed by atoms with Crippen molar-refractivity contribution in [2.45, 2.75) is 33.6 Å². The number of halogens is 1. The van der Waals surface area contributed by atoms with Crippen molar-refractivity contribution < 1.29 is 9.53 Å². The molecule has 1 N–H and O–H groups in total. The third kappa shape index (κ3) is 5.75. The Morgan fingerprint density at radius 2 is 2.21 bits per heavy atom. The van der Waals surface area contributed by atoms with Crippen molar-refractivity contribution in [3.63, 3.8) is 0 Å². The molecule has 4 nitrogen and oxygen atoms in total. The molecule has 0 saturated carbocycles. The monoisotopic (exact) mass is 282 g/mol. The zero-order valence-electron chi connectivity index (χ0n) is 11.5. The minimum Gasteiger partial charge on any atom is -0.483 e. The molecule has 1 aromatic rings. The SMILES string of the molecule is CCCC(C)=NNC(=O)COc1ccc(Cl)cc1C. The first-order chi connectivity index (χ1) is 9.02. The summed E-state index contributed by atoms with van der Waals surface area (Å²) in [7, 11) is 0. The van der Waals surface area contributed by atoms with Crippen LogP contribution in [0.3, 0.4) is 0 Å². The second-order valence-electron chi connectivity index (χ2n) is 4.33. The van der Waals surface area contributed by atoms with E-state index in [-0.39, 0.29) is 12.5 Å². The summed E-state index contributed by atoms with van der Waals surface area (Å²) in [5.41, 5.74) is 4.26. The van der Waals surface area contributed by atoms with Crippen LogP contribution in [-0.4, -0.2) is 18.2 Å². The molecule has 0 atom stereocenters. The topological polar surface area (TPSA) is 50.7 Å². The van der Waals surface area contributed by atoms with E-state index in [0.717, 1.165) is 24.1 Å². The largest absolute Gasteiger partial charge is 0.483 e. The number of carbonyl (C=O) groups is 1. The van der Waals surface area contributed by atoms with Gasteiger partial charge in [0.15, 0.2) is 6.61 Å². The first-order valence-corrected chi connectivity index (χ1v) is 6.61. The lowest BCUT2D eigenvalue weighted by Gasteiger charge is -2.08. The number of ether oxygens (including phenoxy) is 1. The first-order valence-electron chi connectivity index (χ1n) is 6.24. The van der Waals surface area contributed by atoms with E-state index in [1.807, 2.05) is 13.8 Å². The molecule has 0 radical (unpaired) electrons. The van der Waals surface area contributed by atoms with Gasteiger partial charge >= 0.3 is 0 Å². The molecule has 0 aliphatic carbocycles. The van der Waals surface area contributed by atoms with Crippen LogP contribution in [0.4, 0.5) is 0 Å². The molecular formula is C14H19ClN2O2. The molecule has 0 saturated heterocycles. The minimum absolute atomic E-state index is 0.0641. The summed E-state index contributed by atoms with van der Waals surface area (Å²) in [6.45, 7) is 5.76. The van der Waals surface area contributed by atoms with Crippen molar-refractivity contribution in [3.8, 4) is 5.75 Å². The number of nitrogens with zero attached hydrogens (tertiary/aromatic N) is 1. The van der Waals surface area contributed by atoms with Crippen LogP contribution in [0.2, 0.25) is 5.02 Å². The van der Waals surface area contributed by atoms with Crippen molar-refractivity contribution in [2.24, 2.45) is 5.10 Å². The molecule has 19 heavy (non-hydrogen) atoms. The molecule has 0 bridgehead atoms. The maximum absolute atomic E-state index is 11.5. The van der Waals surface area contributed by atoms with E-state index in [2.05, 4.69) is 17.5 Å². The lowest BCUT2D eigenvalue weighted by atomic mass is 10.2. The lowest BCUT2D eigenvalue weighted by molar-refractivity contribution is -0.123. The summed E-state index contributed by atoms with van der Waals surface area (Å²) in [4.78, 5) is 11.5. The van der Waals surface area contributed by atoms with Crippen LogP contribution in [0.5, 0.6) is 5.75 Å². The number of aryl methyl sites for hydroxylation is 1. The van der Waals surface area contributed by atoms with Gasteiger partial charge in [-0.2, -0.15) is 5.10 Å². The van der Waals surface area contributed by atoms with Crippen LogP contribution in [0.25, 0.3) is 0 Å². The highest BCUT2D eigenvalue weighted by atomic mass is 35.5. The average molecular weight is 283 g/mol. The Morgan fingerprint density at radius 3 is 2.84 bits per heavy atom. The van der Waals surface area contributed by atoms with Crippen LogP contribution < -0.4 is 10.2 Å². The van der Waals surface area contributed by atoms with Gasteiger partial charge in [0.05, 0.1) is 0 Å². The minimum atomic E-state index is -0.273. The highest BCUT2D eigenvalue weighted by Crippen LogP contribution is 2.21. The summed E-state index contributed by atoms with van der Waals surface area (Å²) in [5, 5.41) is 4.63. The molecule has 1 rings (SSSR count). The van der Waals surface area contributed by atoms with Crippen LogP contribution >= 0.6 is 11.6 Å². The summed E-state index contributed by atoms with van der Waals surface area (Å²) < 4.78 is 5.41. The maximum atomic E-state index is 11.5. The summed E-state index contributed by atoms with van der Waals surface area (Å²) in [6, 6.07) is 5.26. The fourth-order valence-corrected chi connectivity index (χ4v) is 1.75. The third-order valence-corrected chi connectivity index (χ3v) is 2.71. The molecule has 0 unspecified atom stereocenters. The van der Waals surface area contributed by atoms with Crippen LogP contribution in [0.15, 0.2) is 23.3 Å². The van der Waals surface area contributed by atoms with E-state index in [9.17, 15) is 4.79 Å². The molecule has 104 valence electrons. The number of hydrogen-bond donors (Lipinski definition) is 1. The number of rotatable bonds is 6. The predicted molar refractivity (Wildman–Crippen MR) is 77.8 cm³/mol. The molecular weight excluding hydrogens is 264 g/mol. The van der Waals surface area contributed by atoms with E-state index in [0.29, 0.717) is 10.8 Å². The molecule has 0 aromatic heterocycles. The van der Waals surface area contributed by atoms with E-state index in [1.165, 1.54) is 0 Å². The number of carbonyl (C=O) groups excluding carboxylic acids is 1. The molecule has 1 amide bonds. The van der Waals surface area contributed by atoms with Crippen molar-refractivity contribution in [2.75, 3.05) is 6.61 Å². The normalized spacial score (nSPS) is 11.3. The van der Waals surface area contributed by atoms with E-state index >= 15 is 0 Å². The van der Waals surface area contributed by atoms with Gasteiger partial charge in [-0.3, -0.25) is 4.79 Å². The number of hydrogen-bond acceptors (Lipinski definition) is 3. The predicted octanol–water partition coefficient (Wildman–Crippen LogP) is 3.32. The zero-order valence-corrected chi connectivity index (χ0v) is 12.3. The second kappa shape index (κ2) is 7.79. The lowest BCUT2D eigenvalue weighted by Crippen LogP contribution is -2.25. The molecule has 0 spiro atoms. The molecule has 0 aliphatic heterocycles. The summed E-state index contributed by atoms with van der Waals surface area (Å²) in [6.07, 6.45) is 1.88. The molecule has 0 fully saturated rings. The quantitative estimate of drug-likeness (QED) is 0.643. The van der Waals surface area contributed by atoms with Gasteiger partial charge in [0, 0.05) is 10.7 Å². The highest BCUT2D eigenvalue weighted by Gasteiger charge is 2.04. The maximum Gasteiger partial charge on any atom is 0.277 e. The van der Waals surface area contributed by atoms with E-state index < -0.39 is 0 Å². The van der Waals surface area contributed by atoms with Gasteiger partial charge in [-0.15, -0.1) is 0 Å². The Kier molecular flexibility index (Phi) is 6.36. The van der Waals surface area contributed by atoms with Crippen molar-refractivity contribution in [1.82, 2.24) is 5.43 Å².